The highest BCUT2D eigenvalue weighted by atomic mass is 16.5. The summed E-state index contributed by atoms with van der Waals surface area (Å²) in [7, 11) is 0. The van der Waals surface area contributed by atoms with Crippen LogP contribution in [0.1, 0.15) is 19.8 Å². The molecule has 0 aliphatic rings. The smallest absolute Gasteiger partial charge is 0.322 e. The van der Waals surface area contributed by atoms with Gasteiger partial charge >= 0.3 is 5.97 Å². The van der Waals surface area contributed by atoms with Crippen LogP contribution in [0.5, 0.6) is 0 Å². The van der Waals surface area contributed by atoms with Crippen molar-refractivity contribution in [2.24, 2.45) is 0 Å². The van der Waals surface area contributed by atoms with E-state index in [4.69, 9.17) is 11.5 Å². The third kappa shape index (κ3) is 4.72. The highest BCUT2D eigenvalue weighted by molar-refractivity contribution is 5.71. The van der Waals surface area contributed by atoms with Crippen LogP contribution in [-0.4, -0.2) is 28.4 Å². The summed E-state index contributed by atoms with van der Waals surface area (Å²) < 4.78 is 4.17. The van der Waals surface area contributed by atoms with Crippen LogP contribution in [0.25, 0.3) is 0 Å². The topological polar surface area (TPSA) is 66.8 Å². The molecule has 0 radical (unpaired) electrons. The molecular formula is C8H12O4. The Hall–Kier alpha value is -1.05. The van der Waals surface area contributed by atoms with Crippen LogP contribution in [0.2, 0.25) is 0 Å². The molecule has 0 aromatic heterocycles. The maximum atomic E-state index is 10.7. The fraction of sp³-hybridized carbons (Fsp3) is 0.625. The summed E-state index contributed by atoms with van der Waals surface area (Å²) in [5.41, 5.74) is -1.25. The summed E-state index contributed by atoms with van der Waals surface area (Å²) in [5, 5.41) is 17.9. The first kappa shape index (κ1) is 11.0. The van der Waals surface area contributed by atoms with Crippen molar-refractivity contribution >= 4 is 5.97 Å². The van der Waals surface area contributed by atoms with Crippen LogP contribution < -0.4 is 0 Å². The molecule has 4 nitrogen and oxygen atoms in total. The molecule has 12 heavy (non-hydrogen) atoms. The molecule has 1 atom stereocenters. The van der Waals surface area contributed by atoms with Crippen molar-refractivity contribution in [1.82, 2.24) is 0 Å². The second kappa shape index (κ2) is 4.75. The number of aliphatic hydroxyl groups is 2. The van der Waals surface area contributed by atoms with E-state index in [1.54, 1.807) is 6.11 Å². The third-order valence-electron chi connectivity index (χ3n) is 1.35. The van der Waals surface area contributed by atoms with Gasteiger partial charge in [-0.3, -0.25) is 4.79 Å². The van der Waals surface area contributed by atoms with Gasteiger partial charge in [-0.15, -0.1) is 0 Å². The first-order valence-electron chi connectivity index (χ1n) is 3.50. The van der Waals surface area contributed by atoms with Crippen molar-refractivity contribution in [1.29, 1.82) is 0 Å². The number of carbonyl (C=O) groups is 1. The van der Waals surface area contributed by atoms with Crippen LogP contribution in [0.15, 0.2) is 0 Å². The predicted octanol–water partition coefficient (Wildman–Crippen LogP) is -0.356. The van der Waals surface area contributed by atoms with Crippen LogP contribution >= 0.6 is 0 Å². The molecule has 0 fully saturated rings. The van der Waals surface area contributed by atoms with Gasteiger partial charge in [0, 0.05) is 6.61 Å². The lowest BCUT2D eigenvalue weighted by atomic mass is 9.99. The number of rotatable bonds is 4. The minimum absolute atomic E-state index is 0.118. The Morgan fingerprint density at radius 2 is 2.33 bits per heavy atom. The molecule has 0 aliphatic heterocycles. The lowest BCUT2D eigenvalue weighted by Crippen LogP contribution is -2.29. The molecule has 2 N–H and O–H groups in total. The van der Waals surface area contributed by atoms with Gasteiger partial charge in [0.2, 0.25) is 0 Å². The van der Waals surface area contributed by atoms with E-state index in [0.717, 1.165) is 0 Å². The number of ether oxygens (including phenoxy) is 1. The summed E-state index contributed by atoms with van der Waals surface area (Å²) in [6.07, 6.45) is 6.31. The largest absolute Gasteiger partial charge is 0.396 e. The summed E-state index contributed by atoms with van der Waals surface area (Å²) in [6, 6.07) is 0. The SMILES string of the molecule is C#COC(=O)CC(C)(O)CCO. The molecule has 0 bridgehead atoms. The zero-order chi connectivity index (χ0) is 9.61. The zero-order valence-corrected chi connectivity index (χ0v) is 6.91. The van der Waals surface area contributed by atoms with Crippen molar-refractivity contribution in [3.8, 4) is 12.5 Å². The highest BCUT2D eigenvalue weighted by Crippen LogP contribution is 2.13. The van der Waals surface area contributed by atoms with Gasteiger partial charge in [0.25, 0.3) is 0 Å². The Bertz CT molecular complexity index is 190. The first-order chi connectivity index (χ1) is 5.52. The van der Waals surface area contributed by atoms with Crippen LogP contribution in [-0.2, 0) is 9.53 Å². The van der Waals surface area contributed by atoms with Gasteiger partial charge in [-0.25, -0.2) is 0 Å². The summed E-state index contributed by atoms with van der Waals surface area (Å²) in [6.45, 7) is 1.25. The average molecular weight is 172 g/mol. The minimum atomic E-state index is -1.25. The standard InChI is InChI=1S/C8H12O4/c1-3-12-7(10)6-8(2,11)4-5-9/h1,9,11H,4-6H2,2H3. The molecular weight excluding hydrogens is 160 g/mol. The average Bonchev–Trinajstić information content (AvgIpc) is 1.85. The lowest BCUT2D eigenvalue weighted by Gasteiger charge is -2.19. The van der Waals surface area contributed by atoms with Gasteiger partial charge in [-0.2, -0.15) is 0 Å². The number of esters is 1. The van der Waals surface area contributed by atoms with Crippen LogP contribution in [0.4, 0.5) is 0 Å². The number of carbonyl (C=O) groups excluding carboxylic acids is 1. The maximum Gasteiger partial charge on any atom is 0.322 e. The molecule has 0 spiro atoms. The Kier molecular flexibility index (Phi) is 4.34. The van der Waals surface area contributed by atoms with Gasteiger partial charge in [-0.1, -0.05) is 6.42 Å². The van der Waals surface area contributed by atoms with E-state index in [1.807, 2.05) is 0 Å². The van der Waals surface area contributed by atoms with E-state index in [9.17, 15) is 9.90 Å². The Morgan fingerprint density at radius 3 is 2.75 bits per heavy atom. The van der Waals surface area contributed by atoms with Crippen LogP contribution in [0.3, 0.4) is 0 Å². The quantitative estimate of drug-likeness (QED) is 0.449. The maximum absolute atomic E-state index is 10.7. The number of hydrogen-bond donors (Lipinski definition) is 2. The molecule has 0 aromatic rings. The first-order valence-corrected chi connectivity index (χ1v) is 3.50. The van der Waals surface area contributed by atoms with Gasteiger partial charge < -0.3 is 14.9 Å². The Labute approximate surface area is 71.2 Å². The van der Waals surface area contributed by atoms with E-state index in [1.165, 1.54) is 6.92 Å². The van der Waals surface area contributed by atoms with E-state index >= 15 is 0 Å². The lowest BCUT2D eigenvalue weighted by molar-refractivity contribution is -0.142. The van der Waals surface area contributed by atoms with Crippen molar-refractivity contribution < 1.29 is 19.7 Å². The predicted molar refractivity (Wildman–Crippen MR) is 41.9 cm³/mol. The normalized spacial score (nSPS) is 14.5. The third-order valence-corrected chi connectivity index (χ3v) is 1.35. The molecule has 0 saturated carbocycles. The molecule has 0 heterocycles. The Morgan fingerprint density at radius 1 is 1.75 bits per heavy atom. The number of aliphatic hydroxyl groups excluding tert-OH is 1. The molecule has 0 aliphatic carbocycles. The van der Waals surface area contributed by atoms with Gasteiger partial charge in [0.1, 0.15) is 6.11 Å². The fourth-order valence-corrected chi connectivity index (χ4v) is 0.742. The van der Waals surface area contributed by atoms with E-state index in [2.05, 4.69) is 4.74 Å². The fourth-order valence-electron chi connectivity index (χ4n) is 0.742. The summed E-state index contributed by atoms with van der Waals surface area (Å²) >= 11 is 0. The summed E-state index contributed by atoms with van der Waals surface area (Å²) in [4.78, 5) is 10.7. The van der Waals surface area contributed by atoms with Gasteiger partial charge in [0.05, 0.1) is 12.0 Å². The van der Waals surface area contributed by atoms with Crippen molar-refractivity contribution in [3.05, 3.63) is 0 Å². The molecule has 0 saturated heterocycles. The minimum Gasteiger partial charge on any atom is -0.396 e. The van der Waals surface area contributed by atoms with Crippen LogP contribution in [0, 0.1) is 12.5 Å². The number of terminal acetylenes is 1. The summed E-state index contributed by atoms with van der Waals surface area (Å²) in [5.74, 6) is -0.670. The number of hydrogen-bond acceptors (Lipinski definition) is 4. The second-order valence-corrected chi connectivity index (χ2v) is 2.74. The van der Waals surface area contributed by atoms with Crippen molar-refractivity contribution in [2.45, 2.75) is 25.4 Å². The van der Waals surface area contributed by atoms with Gasteiger partial charge in [-0.05, 0) is 13.3 Å². The van der Waals surface area contributed by atoms with Crippen molar-refractivity contribution in [2.75, 3.05) is 6.61 Å². The highest BCUT2D eigenvalue weighted by Gasteiger charge is 2.24. The Balaban J connectivity index is 3.89. The van der Waals surface area contributed by atoms with E-state index < -0.39 is 11.6 Å². The molecule has 68 valence electrons. The molecule has 0 rings (SSSR count). The molecule has 4 heteroatoms. The molecule has 0 aromatic carbocycles. The van der Waals surface area contributed by atoms with E-state index in [0.29, 0.717) is 0 Å². The monoisotopic (exact) mass is 172 g/mol. The zero-order valence-electron chi connectivity index (χ0n) is 6.91. The second-order valence-electron chi connectivity index (χ2n) is 2.74. The molecule has 1 unspecified atom stereocenters. The van der Waals surface area contributed by atoms with E-state index in [-0.39, 0.29) is 19.4 Å². The van der Waals surface area contributed by atoms with Crippen molar-refractivity contribution in [3.63, 3.8) is 0 Å². The van der Waals surface area contributed by atoms with Gasteiger partial charge in [0.15, 0.2) is 0 Å². The molecule has 0 amide bonds.